The number of anilines is 1. The fraction of sp³-hybridized carbons (Fsp3) is 0.412. The number of ether oxygens (including phenoxy) is 1. The maximum Gasteiger partial charge on any atom is 0.170 e. The first-order valence-corrected chi connectivity index (χ1v) is 8.73. The Hall–Kier alpha value is -1.70. The molecule has 5 nitrogen and oxygen atoms in total. The van der Waals surface area contributed by atoms with Crippen LogP contribution in [-0.2, 0) is 11.3 Å². The summed E-state index contributed by atoms with van der Waals surface area (Å²) in [6.45, 7) is 5.44. The molecule has 8 heteroatoms. The standard InChI is InChI=1S/C17H22ClFN4OS/c1-11-16(21-17(25)20-8-5-9-24-3)12(2)23(22-11)10-13-14(18)6-4-7-15(13)19/h4,6-7H,5,8-10H2,1-3H3,(H2,20,21,25). The smallest absolute Gasteiger partial charge is 0.170 e. The van der Waals surface area contributed by atoms with E-state index in [2.05, 4.69) is 15.7 Å². The molecule has 136 valence electrons. The molecule has 0 aliphatic rings. The van der Waals surface area contributed by atoms with Crippen LogP contribution in [-0.4, -0.2) is 35.2 Å². The van der Waals surface area contributed by atoms with Crippen LogP contribution in [0.4, 0.5) is 10.1 Å². The van der Waals surface area contributed by atoms with Crippen LogP contribution in [0.3, 0.4) is 0 Å². The molecule has 0 saturated heterocycles. The van der Waals surface area contributed by atoms with Crippen LogP contribution in [0.1, 0.15) is 23.4 Å². The van der Waals surface area contributed by atoms with Gasteiger partial charge in [0.15, 0.2) is 5.11 Å². The second kappa shape index (κ2) is 9.12. The number of benzene rings is 1. The zero-order valence-corrected chi connectivity index (χ0v) is 16.1. The van der Waals surface area contributed by atoms with Gasteiger partial charge in [-0.3, -0.25) is 4.68 Å². The van der Waals surface area contributed by atoms with Gasteiger partial charge in [-0.2, -0.15) is 5.10 Å². The molecule has 25 heavy (non-hydrogen) atoms. The van der Waals surface area contributed by atoms with Crippen LogP contribution in [0.15, 0.2) is 18.2 Å². The molecule has 0 saturated carbocycles. The normalized spacial score (nSPS) is 10.8. The van der Waals surface area contributed by atoms with Crippen LogP contribution in [0.2, 0.25) is 5.02 Å². The van der Waals surface area contributed by atoms with E-state index in [0.29, 0.717) is 22.3 Å². The SMILES string of the molecule is COCCCNC(=S)Nc1c(C)nn(Cc2c(F)cccc2Cl)c1C. The third-order valence-electron chi connectivity index (χ3n) is 3.80. The minimum absolute atomic E-state index is 0.258. The van der Waals surface area contributed by atoms with Gasteiger partial charge in [0.1, 0.15) is 5.82 Å². The number of aryl methyl sites for hydroxylation is 1. The molecule has 0 amide bonds. The first-order valence-electron chi connectivity index (χ1n) is 7.94. The van der Waals surface area contributed by atoms with Gasteiger partial charge in [0.05, 0.1) is 23.6 Å². The molecule has 1 aromatic carbocycles. The molecule has 0 radical (unpaired) electrons. The Labute approximate surface area is 157 Å². The van der Waals surface area contributed by atoms with E-state index < -0.39 is 0 Å². The number of nitrogens with zero attached hydrogens (tertiary/aromatic N) is 2. The van der Waals surface area contributed by atoms with Crippen molar-refractivity contribution in [2.45, 2.75) is 26.8 Å². The Bertz CT molecular complexity index is 730. The van der Waals surface area contributed by atoms with Gasteiger partial charge in [0.2, 0.25) is 0 Å². The Morgan fingerprint density at radius 1 is 1.40 bits per heavy atom. The molecule has 1 heterocycles. The average Bonchev–Trinajstić information content (AvgIpc) is 2.83. The molecule has 0 bridgehead atoms. The highest BCUT2D eigenvalue weighted by molar-refractivity contribution is 7.80. The van der Waals surface area contributed by atoms with Crippen molar-refractivity contribution in [1.82, 2.24) is 15.1 Å². The lowest BCUT2D eigenvalue weighted by molar-refractivity contribution is 0.196. The highest BCUT2D eigenvalue weighted by atomic mass is 35.5. The maximum absolute atomic E-state index is 14.0. The number of hydrogen-bond donors (Lipinski definition) is 2. The summed E-state index contributed by atoms with van der Waals surface area (Å²) in [4.78, 5) is 0. The summed E-state index contributed by atoms with van der Waals surface area (Å²) in [6.07, 6.45) is 0.862. The van der Waals surface area contributed by atoms with Gasteiger partial charge in [-0.1, -0.05) is 17.7 Å². The zero-order chi connectivity index (χ0) is 18.4. The number of halogens is 2. The molecule has 2 N–H and O–H groups in total. The third-order valence-corrected chi connectivity index (χ3v) is 4.40. The highest BCUT2D eigenvalue weighted by Gasteiger charge is 2.15. The molecule has 0 aliphatic carbocycles. The van der Waals surface area contributed by atoms with Crippen LogP contribution in [0, 0.1) is 19.7 Å². The number of methoxy groups -OCH3 is 1. The quantitative estimate of drug-likeness (QED) is 0.563. The molecular weight excluding hydrogens is 363 g/mol. The van der Waals surface area contributed by atoms with Crippen molar-refractivity contribution in [3.63, 3.8) is 0 Å². The van der Waals surface area contributed by atoms with Crippen LogP contribution in [0.5, 0.6) is 0 Å². The molecule has 0 atom stereocenters. The highest BCUT2D eigenvalue weighted by Crippen LogP contribution is 2.24. The van der Waals surface area contributed by atoms with E-state index in [9.17, 15) is 4.39 Å². The van der Waals surface area contributed by atoms with E-state index in [-0.39, 0.29) is 12.4 Å². The maximum atomic E-state index is 14.0. The lowest BCUT2D eigenvalue weighted by atomic mass is 10.2. The van der Waals surface area contributed by atoms with Gasteiger partial charge in [-0.25, -0.2) is 4.39 Å². The molecular formula is C17H22ClFN4OS. The fourth-order valence-electron chi connectivity index (χ4n) is 2.44. The second-order valence-corrected chi connectivity index (χ2v) is 6.45. The Morgan fingerprint density at radius 2 is 2.16 bits per heavy atom. The molecule has 0 unspecified atom stereocenters. The summed E-state index contributed by atoms with van der Waals surface area (Å²) in [5.74, 6) is -0.343. The lowest BCUT2D eigenvalue weighted by Gasteiger charge is -2.11. The monoisotopic (exact) mass is 384 g/mol. The Balaban J connectivity index is 2.09. The number of rotatable bonds is 7. The van der Waals surface area contributed by atoms with Gasteiger partial charge in [-0.05, 0) is 44.6 Å². The van der Waals surface area contributed by atoms with Gasteiger partial charge in [-0.15, -0.1) is 0 Å². The van der Waals surface area contributed by atoms with Crippen molar-refractivity contribution in [3.05, 3.63) is 46.0 Å². The molecule has 0 spiro atoms. The topological polar surface area (TPSA) is 51.1 Å². The summed E-state index contributed by atoms with van der Waals surface area (Å²) in [6, 6.07) is 4.65. The van der Waals surface area contributed by atoms with Gasteiger partial charge in [0, 0.05) is 30.8 Å². The minimum Gasteiger partial charge on any atom is -0.385 e. The van der Waals surface area contributed by atoms with Crippen LogP contribution in [0.25, 0.3) is 0 Å². The second-order valence-electron chi connectivity index (χ2n) is 5.63. The number of thiocarbonyl (C=S) groups is 1. The van der Waals surface area contributed by atoms with Crippen molar-refractivity contribution in [1.29, 1.82) is 0 Å². The summed E-state index contributed by atoms with van der Waals surface area (Å²) < 4.78 is 20.7. The lowest BCUT2D eigenvalue weighted by Crippen LogP contribution is -2.30. The summed E-state index contributed by atoms with van der Waals surface area (Å²) >= 11 is 11.4. The molecule has 2 aromatic rings. The Morgan fingerprint density at radius 3 is 2.84 bits per heavy atom. The predicted molar refractivity (Wildman–Crippen MR) is 103 cm³/mol. The van der Waals surface area contributed by atoms with E-state index in [1.165, 1.54) is 6.07 Å². The largest absolute Gasteiger partial charge is 0.385 e. The van der Waals surface area contributed by atoms with Crippen molar-refractivity contribution in [2.24, 2.45) is 0 Å². The molecule has 1 aromatic heterocycles. The summed E-state index contributed by atoms with van der Waals surface area (Å²) in [5, 5.41) is 11.7. The van der Waals surface area contributed by atoms with E-state index in [0.717, 1.165) is 30.0 Å². The minimum atomic E-state index is -0.343. The fourth-order valence-corrected chi connectivity index (χ4v) is 2.87. The van der Waals surface area contributed by atoms with Crippen molar-refractivity contribution in [2.75, 3.05) is 25.6 Å². The summed E-state index contributed by atoms with van der Waals surface area (Å²) in [7, 11) is 1.67. The van der Waals surface area contributed by atoms with E-state index in [1.807, 2.05) is 13.8 Å². The van der Waals surface area contributed by atoms with E-state index in [1.54, 1.807) is 23.9 Å². The van der Waals surface area contributed by atoms with E-state index >= 15 is 0 Å². The van der Waals surface area contributed by atoms with Crippen molar-refractivity contribution >= 4 is 34.6 Å². The van der Waals surface area contributed by atoms with Crippen molar-refractivity contribution < 1.29 is 9.13 Å². The average molecular weight is 385 g/mol. The molecule has 0 fully saturated rings. The molecule has 2 rings (SSSR count). The van der Waals surface area contributed by atoms with Crippen LogP contribution >= 0.6 is 23.8 Å². The number of nitrogens with one attached hydrogen (secondary N) is 2. The first-order chi connectivity index (χ1) is 11.9. The van der Waals surface area contributed by atoms with E-state index in [4.69, 9.17) is 28.6 Å². The van der Waals surface area contributed by atoms with Gasteiger partial charge >= 0.3 is 0 Å². The zero-order valence-electron chi connectivity index (χ0n) is 14.5. The van der Waals surface area contributed by atoms with Crippen LogP contribution < -0.4 is 10.6 Å². The van der Waals surface area contributed by atoms with Gasteiger partial charge < -0.3 is 15.4 Å². The summed E-state index contributed by atoms with van der Waals surface area (Å²) in [5.41, 5.74) is 2.88. The predicted octanol–water partition coefficient (Wildman–Crippen LogP) is 3.66. The third kappa shape index (κ3) is 5.14. The first kappa shape index (κ1) is 19.6. The van der Waals surface area contributed by atoms with Crippen molar-refractivity contribution in [3.8, 4) is 0 Å². The number of aromatic nitrogens is 2. The number of hydrogen-bond acceptors (Lipinski definition) is 3. The van der Waals surface area contributed by atoms with Gasteiger partial charge in [0.25, 0.3) is 0 Å². The molecule has 0 aliphatic heterocycles. The Kier molecular flexibility index (Phi) is 7.16.